The van der Waals surface area contributed by atoms with E-state index in [4.69, 9.17) is 5.11 Å². The molecule has 0 unspecified atom stereocenters. The first-order valence-corrected chi connectivity index (χ1v) is 5.17. The molecule has 0 amide bonds. The minimum Gasteiger partial charge on any atom is -0.478 e. The van der Waals surface area contributed by atoms with E-state index in [2.05, 4.69) is 5.10 Å². The number of aliphatic carboxylic acids is 1. The van der Waals surface area contributed by atoms with Crippen LogP contribution >= 0.6 is 0 Å². The second-order valence-electron chi connectivity index (χ2n) is 3.96. The van der Waals surface area contributed by atoms with Crippen LogP contribution in [0.3, 0.4) is 0 Å². The molecule has 1 aliphatic carbocycles. The van der Waals surface area contributed by atoms with Crippen molar-refractivity contribution in [2.45, 2.75) is 25.8 Å². The Labute approximate surface area is 88.2 Å². The monoisotopic (exact) mass is 206 g/mol. The Morgan fingerprint density at radius 1 is 1.67 bits per heavy atom. The van der Waals surface area contributed by atoms with Crippen LogP contribution in [0.15, 0.2) is 18.5 Å². The van der Waals surface area contributed by atoms with Crippen LogP contribution in [0, 0.1) is 5.92 Å². The predicted octanol–water partition coefficient (Wildman–Crippen LogP) is 1.78. The second-order valence-corrected chi connectivity index (χ2v) is 3.96. The average Bonchev–Trinajstić information content (AvgIpc) is 2.56. The zero-order valence-corrected chi connectivity index (χ0v) is 8.47. The summed E-state index contributed by atoms with van der Waals surface area (Å²) >= 11 is 0. The summed E-state index contributed by atoms with van der Waals surface area (Å²) in [6.45, 7) is 0.959. The van der Waals surface area contributed by atoms with Crippen LogP contribution in [-0.2, 0) is 11.3 Å². The number of carbonyl (C=O) groups is 1. The van der Waals surface area contributed by atoms with Gasteiger partial charge in [-0.2, -0.15) is 5.10 Å². The van der Waals surface area contributed by atoms with Crippen molar-refractivity contribution in [2.24, 2.45) is 5.92 Å². The van der Waals surface area contributed by atoms with Gasteiger partial charge in [-0.05, 0) is 24.8 Å². The molecule has 0 saturated heterocycles. The van der Waals surface area contributed by atoms with Gasteiger partial charge in [0.2, 0.25) is 0 Å². The lowest BCUT2D eigenvalue weighted by Crippen LogP contribution is -2.18. The SMILES string of the molecule is O=C(O)/C=C/c1cnn(CC2CCC2)c1. The van der Waals surface area contributed by atoms with E-state index < -0.39 is 5.97 Å². The Morgan fingerprint density at radius 3 is 3.07 bits per heavy atom. The summed E-state index contributed by atoms with van der Waals surface area (Å²) in [5.41, 5.74) is 0.844. The summed E-state index contributed by atoms with van der Waals surface area (Å²) in [4.78, 5) is 10.3. The molecule has 1 fully saturated rings. The van der Waals surface area contributed by atoms with Gasteiger partial charge in [0.05, 0.1) is 6.20 Å². The van der Waals surface area contributed by atoms with E-state index in [1.807, 2.05) is 10.9 Å². The zero-order chi connectivity index (χ0) is 10.7. The molecule has 0 radical (unpaired) electrons. The summed E-state index contributed by atoms with van der Waals surface area (Å²) in [5, 5.41) is 12.6. The Balaban J connectivity index is 1.93. The molecule has 0 bridgehead atoms. The number of nitrogens with zero attached hydrogens (tertiary/aromatic N) is 2. The first kappa shape index (κ1) is 9.96. The molecule has 1 saturated carbocycles. The molecule has 2 rings (SSSR count). The van der Waals surface area contributed by atoms with Gasteiger partial charge in [-0.25, -0.2) is 4.79 Å². The van der Waals surface area contributed by atoms with Gasteiger partial charge >= 0.3 is 5.97 Å². The van der Waals surface area contributed by atoms with Crippen LogP contribution in [0.4, 0.5) is 0 Å². The first-order valence-electron chi connectivity index (χ1n) is 5.17. The standard InChI is InChI=1S/C11H14N2O2/c14-11(15)5-4-10-6-12-13(8-10)7-9-2-1-3-9/h4-6,8-9H,1-3,7H2,(H,14,15)/b5-4+. The van der Waals surface area contributed by atoms with E-state index in [0.29, 0.717) is 0 Å². The van der Waals surface area contributed by atoms with Crippen molar-refractivity contribution < 1.29 is 9.90 Å². The van der Waals surface area contributed by atoms with Crippen molar-refractivity contribution in [3.8, 4) is 0 Å². The van der Waals surface area contributed by atoms with Gasteiger partial charge in [-0.3, -0.25) is 4.68 Å². The molecule has 15 heavy (non-hydrogen) atoms. The highest BCUT2D eigenvalue weighted by Crippen LogP contribution is 2.27. The van der Waals surface area contributed by atoms with Gasteiger partial charge in [0.1, 0.15) is 0 Å². The summed E-state index contributed by atoms with van der Waals surface area (Å²) in [6.07, 6.45) is 10.2. The molecule has 4 nitrogen and oxygen atoms in total. The van der Waals surface area contributed by atoms with Gasteiger partial charge in [0, 0.05) is 24.4 Å². The first-order chi connectivity index (χ1) is 7.24. The van der Waals surface area contributed by atoms with Gasteiger partial charge < -0.3 is 5.11 Å². The van der Waals surface area contributed by atoms with Crippen molar-refractivity contribution in [3.63, 3.8) is 0 Å². The Hall–Kier alpha value is -1.58. The summed E-state index contributed by atoms with van der Waals surface area (Å²) in [6, 6.07) is 0. The summed E-state index contributed by atoms with van der Waals surface area (Å²) in [5.74, 6) is -0.164. The van der Waals surface area contributed by atoms with Crippen LogP contribution in [-0.4, -0.2) is 20.9 Å². The second kappa shape index (κ2) is 4.29. The molecule has 80 valence electrons. The molecule has 0 aliphatic heterocycles. The minimum atomic E-state index is -0.929. The molecule has 1 aliphatic rings. The third-order valence-corrected chi connectivity index (χ3v) is 2.74. The summed E-state index contributed by atoms with van der Waals surface area (Å²) in [7, 11) is 0. The predicted molar refractivity (Wildman–Crippen MR) is 56.2 cm³/mol. The van der Waals surface area contributed by atoms with Crippen LogP contribution in [0.5, 0.6) is 0 Å². The normalized spacial score (nSPS) is 16.8. The van der Waals surface area contributed by atoms with E-state index in [1.165, 1.54) is 19.3 Å². The largest absolute Gasteiger partial charge is 0.478 e. The number of aromatic nitrogens is 2. The van der Waals surface area contributed by atoms with Crippen molar-refractivity contribution in [2.75, 3.05) is 0 Å². The van der Waals surface area contributed by atoms with Crippen molar-refractivity contribution in [1.82, 2.24) is 9.78 Å². The van der Waals surface area contributed by atoms with Crippen molar-refractivity contribution in [3.05, 3.63) is 24.0 Å². The fraction of sp³-hybridized carbons (Fsp3) is 0.455. The van der Waals surface area contributed by atoms with E-state index >= 15 is 0 Å². The maximum atomic E-state index is 10.3. The van der Waals surface area contributed by atoms with Gasteiger partial charge in [0.15, 0.2) is 0 Å². The molecule has 1 aromatic rings. The quantitative estimate of drug-likeness (QED) is 0.764. The van der Waals surface area contributed by atoms with E-state index in [9.17, 15) is 4.79 Å². The number of carboxylic acid groups (broad SMARTS) is 1. The van der Waals surface area contributed by atoms with Gasteiger partial charge in [-0.1, -0.05) is 6.42 Å². The van der Waals surface area contributed by atoms with Crippen molar-refractivity contribution in [1.29, 1.82) is 0 Å². The molecular formula is C11H14N2O2. The zero-order valence-electron chi connectivity index (χ0n) is 8.47. The molecule has 0 aromatic carbocycles. The summed E-state index contributed by atoms with van der Waals surface area (Å²) < 4.78 is 1.89. The molecular weight excluding hydrogens is 192 g/mol. The molecule has 4 heteroatoms. The van der Waals surface area contributed by atoms with Crippen LogP contribution < -0.4 is 0 Å². The molecule has 1 aromatic heterocycles. The van der Waals surface area contributed by atoms with E-state index in [1.54, 1.807) is 12.3 Å². The Kier molecular flexibility index (Phi) is 2.85. The molecule has 1 N–H and O–H groups in total. The fourth-order valence-corrected chi connectivity index (χ4v) is 1.67. The van der Waals surface area contributed by atoms with Crippen LogP contribution in [0.2, 0.25) is 0 Å². The lowest BCUT2D eigenvalue weighted by molar-refractivity contribution is -0.131. The maximum Gasteiger partial charge on any atom is 0.328 e. The van der Waals surface area contributed by atoms with E-state index in [0.717, 1.165) is 24.1 Å². The van der Waals surface area contributed by atoms with Crippen LogP contribution in [0.1, 0.15) is 24.8 Å². The lowest BCUT2D eigenvalue weighted by atomic mass is 9.85. The highest BCUT2D eigenvalue weighted by atomic mass is 16.4. The third-order valence-electron chi connectivity index (χ3n) is 2.74. The molecule has 1 heterocycles. The molecule has 0 atom stereocenters. The minimum absolute atomic E-state index is 0.765. The maximum absolute atomic E-state index is 10.3. The van der Waals surface area contributed by atoms with E-state index in [-0.39, 0.29) is 0 Å². The smallest absolute Gasteiger partial charge is 0.328 e. The number of hydrogen-bond acceptors (Lipinski definition) is 2. The van der Waals surface area contributed by atoms with Gasteiger partial charge in [-0.15, -0.1) is 0 Å². The number of rotatable bonds is 4. The molecule has 0 spiro atoms. The highest BCUT2D eigenvalue weighted by Gasteiger charge is 2.17. The Morgan fingerprint density at radius 2 is 2.47 bits per heavy atom. The Bertz CT molecular complexity index is 378. The topological polar surface area (TPSA) is 55.1 Å². The average molecular weight is 206 g/mol. The van der Waals surface area contributed by atoms with Gasteiger partial charge in [0.25, 0.3) is 0 Å². The number of carboxylic acids is 1. The van der Waals surface area contributed by atoms with Crippen LogP contribution in [0.25, 0.3) is 6.08 Å². The third kappa shape index (κ3) is 2.68. The lowest BCUT2D eigenvalue weighted by Gasteiger charge is -2.24. The number of hydrogen-bond donors (Lipinski definition) is 1. The highest BCUT2D eigenvalue weighted by molar-refractivity contribution is 5.85. The van der Waals surface area contributed by atoms with Crippen molar-refractivity contribution >= 4 is 12.0 Å². The fourth-order valence-electron chi connectivity index (χ4n) is 1.67.